The van der Waals surface area contributed by atoms with E-state index in [1.165, 1.54) is 32.1 Å². The van der Waals surface area contributed by atoms with E-state index in [1.54, 1.807) is 0 Å². The Balaban J connectivity index is 1.77. The van der Waals surface area contributed by atoms with Gasteiger partial charge in [0, 0.05) is 25.0 Å². The number of amides is 1. The molecule has 116 valence electrons. The van der Waals surface area contributed by atoms with Gasteiger partial charge in [-0.1, -0.05) is 19.3 Å². The smallest absolute Gasteiger partial charge is 0.221 e. The van der Waals surface area contributed by atoms with Crippen LogP contribution in [0.25, 0.3) is 0 Å². The minimum absolute atomic E-state index is 0.0299. The molecule has 1 amide bonds. The van der Waals surface area contributed by atoms with Gasteiger partial charge in [-0.3, -0.25) is 4.79 Å². The number of rotatable bonds is 4. The van der Waals surface area contributed by atoms with E-state index in [4.69, 9.17) is 0 Å². The van der Waals surface area contributed by atoms with Crippen LogP contribution in [0.3, 0.4) is 0 Å². The number of carbonyl (C=O) groups is 1. The van der Waals surface area contributed by atoms with E-state index in [0.717, 1.165) is 0 Å². The molecule has 2 fully saturated rings. The number of hydrogen-bond donors (Lipinski definition) is 2. The Kier molecular flexibility index (Phi) is 5.43. The van der Waals surface area contributed by atoms with E-state index in [-0.39, 0.29) is 35.9 Å². The Labute approximate surface area is 121 Å². The van der Waals surface area contributed by atoms with Crippen LogP contribution in [-0.2, 0) is 14.6 Å². The lowest BCUT2D eigenvalue weighted by atomic mass is 9.84. The van der Waals surface area contributed by atoms with Crippen LogP contribution in [0, 0.1) is 5.92 Å². The van der Waals surface area contributed by atoms with Crippen LogP contribution in [0.2, 0.25) is 0 Å². The number of nitrogens with one attached hydrogen (secondary N) is 2. The van der Waals surface area contributed by atoms with Crippen LogP contribution < -0.4 is 10.6 Å². The van der Waals surface area contributed by atoms with Gasteiger partial charge in [0.1, 0.15) is 0 Å². The standard InChI is InChI=1S/C14H26N2O3S/c1-11(12-5-3-2-4-6-12)16-14(17)9-13-10-20(18,19)8-7-15-13/h11-13,15H,2-10H2,1H3,(H,16,17)/t11-,13?/m0/s1. The molecule has 0 aromatic carbocycles. The molecule has 2 rings (SSSR count). The molecule has 0 bridgehead atoms. The summed E-state index contributed by atoms with van der Waals surface area (Å²) in [7, 11) is -2.97. The van der Waals surface area contributed by atoms with Crippen molar-refractivity contribution in [3.05, 3.63) is 0 Å². The molecule has 1 aliphatic heterocycles. The second kappa shape index (κ2) is 6.89. The van der Waals surface area contributed by atoms with E-state index >= 15 is 0 Å². The first kappa shape index (κ1) is 15.8. The second-order valence-corrected chi connectivity index (χ2v) is 8.45. The van der Waals surface area contributed by atoms with E-state index in [2.05, 4.69) is 17.6 Å². The van der Waals surface area contributed by atoms with Crippen molar-refractivity contribution in [2.75, 3.05) is 18.1 Å². The predicted molar refractivity (Wildman–Crippen MR) is 79.2 cm³/mol. The van der Waals surface area contributed by atoms with Crippen LogP contribution in [0.15, 0.2) is 0 Å². The third-order valence-electron chi connectivity index (χ3n) is 4.48. The molecule has 2 N–H and O–H groups in total. The second-order valence-electron chi connectivity index (χ2n) is 6.22. The molecule has 0 aromatic rings. The molecule has 0 aromatic heterocycles. The fourth-order valence-corrected chi connectivity index (χ4v) is 4.73. The van der Waals surface area contributed by atoms with Gasteiger partial charge < -0.3 is 10.6 Å². The van der Waals surface area contributed by atoms with Crippen LogP contribution in [0.4, 0.5) is 0 Å². The summed E-state index contributed by atoms with van der Waals surface area (Å²) in [5, 5.41) is 6.17. The van der Waals surface area contributed by atoms with Gasteiger partial charge >= 0.3 is 0 Å². The van der Waals surface area contributed by atoms with Crippen molar-refractivity contribution in [1.29, 1.82) is 0 Å². The van der Waals surface area contributed by atoms with Crippen molar-refractivity contribution in [1.82, 2.24) is 10.6 Å². The largest absolute Gasteiger partial charge is 0.353 e. The first-order valence-electron chi connectivity index (χ1n) is 7.69. The zero-order valence-electron chi connectivity index (χ0n) is 12.2. The quantitative estimate of drug-likeness (QED) is 0.807. The fraction of sp³-hybridized carbons (Fsp3) is 0.929. The highest BCUT2D eigenvalue weighted by molar-refractivity contribution is 7.91. The zero-order valence-corrected chi connectivity index (χ0v) is 13.0. The van der Waals surface area contributed by atoms with Crippen LogP contribution in [-0.4, -0.2) is 44.5 Å². The summed E-state index contributed by atoms with van der Waals surface area (Å²) in [5.41, 5.74) is 0. The third kappa shape index (κ3) is 4.74. The van der Waals surface area contributed by atoms with Gasteiger partial charge in [-0.2, -0.15) is 0 Å². The summed E-state index contributed by atoms with van der Waals surface area (Å²) in [4.78, 5) is 12.0. The highest BCUT2D eigenvalue weighted by atomic mass is 32.2. The Morgan fingerprint density at radius 3 is 2.65 bits per heavy atom. The first-order valence-corrected chi connectivity index (χ1v) is 9.51. The minimum atomic E-state index is -2.97. The normalized spacial score (nSPS) is 28.8. The van der Waals surface area contributed by atoms with Crippen molar-refractivity contribution in [3.8, 4) is 0 Å². The molecule has 6 heteroatoms. The Morgan fingerprint density at radius 2 is 2.00 bits per heavy atom. The number of sulfone groups is 1. The summed E-state index contributed by atoms with van der Waals surface area (Å²) in [6, 6.07) is -0.0321. The van der Waals surface area contributed by atoms with Crippen LogP contribution in [0.5, 0.6) is 0 Å². The third-order valence-corrected chi connectivity index (χ3v) is 6.21. The lowest BCUT2D eigenvalue weighted by Crippen LogP contribution is -2.48. The first-order chi connectivity index (χ1) is 9.46. The number of carbonyl (C=O) groups excluding carboxylic acids is 1. The van der Waals surface area contributed by atoms with E-state index in [0.29, 0.717) is 12.5 Å². The van der Waals surface area contributed by atoms with E-state index in [1.807, 2.05) is 0 Å². The van der Waals surface area contributed by atoms with Crippen molar-refractivity contribution >= 4 is 15.7 Å². The van der Waals surface area contributed by atoms with Crippen molar-refractivity contribution in [2.24, 2.45) is 5.92 Å². The molecule has 0 radical (unpaired) electrons. The summed E-state index contributed by atoms with van der Waals surface area (Å²) in [5.74, 6) is 0.815. The molecule has 5 nitrogen and oxygen atoms in total. The lowest BCUT2D eigenvalue weighted by Gasteiger charge is -2.29. The molecular weight excluding hydrogens is 276 g/mol. The minimum Gasteiger partial charge on any atom is -0.353 e. The molecule has 1 saturated heterocycles. The van der Waals surface area contributed by atoms with Gasteiger partial charge in [0.05, 0.1) is 11.5 Å². The maximum atomic E-state index is 12.0. The van der Waals surface area contributed by atoms with Crippen molar-refractivity contribution in [3.63, 3.8) is 0 Å². The molecule has 1 unspecified atom stereocenters. The molecule has 1 saturated carbocycles. The van der Waals surface area contributed by atoms with Gasteiger partial charge in [0.2, 0.25) is 5.91 Å². The maximum absolute atomic E-state index is 12.0. The highest BCUT2D eigenvalue weighted by Gasteiger charge is 2.27. The van der Waals surface area contributed by atoms with Crippen LogP contribution >= 0.6 is 0 Å². The van der Waals surface area contributed by atoms with E-state index in [9.17, 15) is 13.2 Å². The van der Waals surface area contributed by atoms with Gasteiger partial charge in [-0.25, -0.2) is 8.42 Å². The average Bonchev–Trinajstić information content (AvgIpc) is 2.38. The molecule has 1 heterocycles. The topological polar surface area (TPSA) is 75.3 Å². The molecule has 2 atom stereocenters. The molecule has 0 spiro atoms. The van der Waals surface area contributed by atoms with Crippen molar-refractivity contribution < 1.29 is 13.2 Å². The van der Waals surface area contributed by atoms with Gasteiger partial charge in [0.15, 0.2) is 9.84 Å². The SMILES string of the molecule is C[C@H](NC(=O)CC1CS(=O)(=O)CCN1)C1CCCCC1. The zero-order chi connectivity index (χ0) is 14.6. The average molecular weight is 302 g/mol. The Morgan fingerprint density at radius 1 is 1.30 bits per heavy atom. The highest BCUT2D eigenvalue weighted by Crippen LogP contribution is 2.26. The van der Waals surface area contributed by atoms with E-state index < -0.39 is 9.84 Å². The summed E-state index contributed by atoms with van der Waals surface area (Å²) >= 11 is 0. The molecule has 2 aliphatic rings. The van der Waals surface area contributed by atoms with Crippen LogP contribution in [0.1, 0.15) is 45.4 Å². The Bertz CT molecular complexity index is 430. The Hall–Kier alpha value is -0.620. The van der Waals surface area contributed by atoms with Gasteiger partial charge in [-0.15, -0.1) is 0 Å². The summed E-state index contributed by atoms with van der Waals surface area (Å²) < 4.78 is 23.1. The predicted octanol–water partition coefficient (Wildman–Crippen LogP) is 0.848. The van der Waals surface area contributed by atoms with Gasteiger partial charge in [-0.05, 0) is 25.7 Å². The monoisotopic (exact) mass is 302 g/mol. The van der Waals surface area contributed by atoms with Crippen molar-refractivity contribution in [2.45, 2.75) is 57.5 Å². The molecular formula is C14H26N2O3S. The maximum Gasteiger partial charge on any atom is 0.221 e. The fourth-order valence-electron chi connectivity index (χ4n) is 3.29. The number of hydrogen-bond acceptors (Lipinski definition) is 4. The lowest BCUT2D eigenvalue weighted by molar-refractivity contribution is -0.122. The van der Waals surface area contributed by atoms with Gasteiger partial charge in [0.25, 0.3) is 0 Å². The molecule has 1 aliphatic carbocycles. The summed E-state index contributed by atoms with van der Waals surface area (Å²) in [6.45, 7) is 2.53. The molecule has 20 heavy (non-hydrogen) atoms. The summed E-state index contributed by atoms with van der Waals surface area (Å²) in [6.07, 6.45) is 6.47.